The van der Waals surface area contributed by atoms with E-state index >= 15 is 0 Å². The normalized spacial score (nSPS) is 10.1. The van der Waals surface area contributed by atoms with E-state index in [0.717, 1.165) is 5.56 Å². The molecule has 0 amide bonds. The number of aromatic carboxylic acids is 1. The van der Waals surface area contributed by atoms with Gasteiger partial charge in [0, 0.05) is 6.61 Å². The van der Waals surface area contributed by atoms with Crippen molar-refractivity contribution in [2.45, 2.75) is 13.5 Å². The van der Waals surface area contributed by atoms with Gasteiger partial charge in [0.05, 0.1) is 6.61 Å². The van der Waals surface area contributed by atoms with Crippen LogP contribution in [-0.4, -0.2) is 22.8 Å². The molecule has 0 aromatic heterocycles. The number of carboxylic acids is 1. The maximum atomic E-state index is 10.6. The smallest absolute Gasteiger partial charge is 0.339 e. The lowest BCUT2D eigenvalue weighted by atomic mass is 10.1. The summed E-state index contributed by atoms with van der Waals surface area (Å²) < 4.78 is 5.12. The quantitative estimate of drug-likeness (QED) is 0.768. The van der Waals surface area contributed by atoms with Crippen molar-refractivity contribution in [3.63, 3.8) is 0 Å². The first-order valence-corrected chi connectivity index (χ1v) is 4.28. The SMILES string of the molecule is CCOCc1ccc(O)c(C(=O)O)c1. The molecule has 0 unspecified atom stereocenters. The number of carboxylic acid groups (broad SMARTS) is 1. The van der Waals surface area contributed by atoms with E-state index in [-0.39, 0.29) is 11.3 Å². The number of phenols is 1. The van der Waals surface area contributed by atoms with Crippen LogP contribution in [0.15, 0.2) is 18.2 Å². The molecule has 14 heavy (non-hydrogen) atoms. The van der Waals surface area contributed by atoms with Gasteiger partial charge in [0.25, 0.3) is 0 Å². The number of carbonyl (C=O) groups is 1. The molecule has 4 nitrogen and oxygen atoms in total. The first kappa shape index (κ1) is 10.5. The molecule has 0 saturated carbocycles. The average molecular weight is 196 g/mol. The zero-order chi connectivity index (χ0) is 10.6. The largest absolute Gasteiger partial charge is 0.507 e. The predicted molar refractivity (Wildman–Crippen MR) is 50.4 cm³/mol. The van der Waals surface area contributed by atoms with Crippen molar-refractivity contribution in [2.75, 3.05) is 6.61 Å². The van der Waals surface area contributed by atoms with Crippen molar-refractivity contribution in [1.82, 2.24) is 0 Å². The van der Waals surface area contributed by atoms with Crippen LogP contribution in [0.4, 0.5) is 0 Å². The van der Waals surface area contributed by atoms with Crippen molar-refractivity contribution < 1.29 is 19.7 Å². The van der Waals surface area contributed by atoms with Crippen molar-refractivity contribution in [2.24, 2.45) is 0 Å². The molecule has 0 aliphatic heterocycles. The standard InChI is InChI=1S/C10H12O4/c1-2-14-6-7-3-4-9(11)8(5-7)10(12)13/h3-5,11H,2,6H2,1H3,(H,12,13). The van der Waals surface area contributed by atoms with E-state index in [1.807, 2.05) is 6.92 Å². The Labute approximate surface area is 81.8 Å². The van der Waals surface area contributed by atoms with Gasteiger partial charge in [0.15, 0.2) is 0 Å². The number of benzene rings is 1. The second kappa shape index (κ2) is 4.62. The van der Waals surface area contributed by atoms with Gasteiger partial charge in [-0.1, -0.05) is 6.07 Å². The topological polar surface area (TPSA) is 66.8 Å². The Morgan fingerprint density at radius 1 is 1.50 bits per heavy atom. The van der Waals surface area contributed by atoms with Gasteiger partial charge in [-0.2, -0.15) is 0 Å². The molecule has 0 heterocycles. The molecule has 0 radical (unpaired) electrons. The lowest BCUT2D eigenvalue weighted by Crippen LogP contribution is -1.99. The number of hydrogen-bond acceptors (Lipinski definition) is 3. The molecule has 0 aliphatic carbocycles. The van der Waals surface area contributed by atoms with Gasteiger partial charge in [-0.05, 0) is 24.6 Å². The predicted octanol–water partition coefficient (Wildman–Crippen LogP) is 1.63. The Hall–Kier alpha value is -1.55. The molecular weight excluding hydrogens is 184 g/mol. The molecule has 1 aromatic carbocycles. The highest BCUT2D eigenvalue weighted by atomic mass is 16.5. The summed E-state index contributed by atoms with van der Waals surface area (Å²) in [6.07, 6.45) is 0. The molecule has 0 spiro atoms. The molecule has 0 aliphatic rings. The number of hydrogen-bond donors (Lipinski definition) is 2. The molecule has 1 aromatic rings. The molecule has 1 rings (SSSR count). The van der Waals surface area contributed by atoms with Gasteiger partial charge in [0.2, 0.25) is 0 Å². The van der Waals surface area contributed by atoms with Gasteiger partial charge < -0.3 is 14.9 Å². The summed E-state index contributed by atoms with van der Waals surface area (Å²) in [5.74, 6) is -1.36. The number of aromatic hydroxyl groups is 1. The van der Waals surface area contributed by atoms with Crippen LogP contribution in [0, 0.1) is 0 Å². The van der Waals surface area contributed by atoms with Crippen LogP contribution < -0.4 is 0 Å². The lowest BCUT2D eigenvalue weighted by molar-refractivity contribution is 0.0693. The minimum absolute atomic E-state index is 0.0952. The van der Waals surface area contributed by atoms with Crippen molar-refractivity contribution in [1.29, 1.82) is 0 Å². The van der Waals surface area contributed by atoms with Crippen molar-refractivity contribution in [3.05, 3.63) is 29.3 Å². The third-order valence-corrected chi connectivity index (χ3v) is 1.76. The van der Waals surface area contributed by atoms with Crippen LogP contribution in [0.5, 0.6) is 5.75 Å². The van der Waals surface area contributed by atoms with E-state index in [0.29, 0.717) is 13.2 Å². The fraction of sp³-hybridized carbons (Fsp3) is 0.300. The summed E-state index contributed by atoms with van der Waals surface area (Å²) in [6.45, 7) is 2.79. The summed E-state index contributed by atoms with van der Waals surface area (Å²) in [4.78, 5) is 10.6. The monoisotopic (exact) mass is 196 g/mol. The zero-order valence-corrected chi connectivity index (χ0v) is 7.86. The third-order valence-electron chi connectivity index (χ3n) is 1.76. The van der Waals surface area contributed by atoms with E-state index in [9.17, 15) is 9.90 Å². The summed E-state index contributed by atoms with van der Waals surface area (Å²) in [5.41, 5.74) is 0.643. The molecule has 0 saturated heterocycles. The Bertz CT molecular complexity index is 333. The van der Waals surface area contributed by atoms with Crippen LogP contribution in [0.3, 0.4) is 0 Å². The van der Waals surface area contributed by atoms with Gasteiger partial charge in [-0.15, -0.1) is 0 Å². The first-order valence-electron chi connectivity index (χ1n) is 4.28. The molecule has 0 fully saturated rings. The van der Waals surface area contributed by atoms with E-state index < -0.39 is 5.97 Å². The average Bonchev–Trinajstić information content (AvgIpc) is 2.16. The van der Waals surface area contributed by atoms with Crippen molar-refractivity contribution >= 4 is 5.97 Å². The molecule has 76 valence electrons. The number of ether oxygens (including phenoxy) is 1. The van der Waals surface area contributed by atoms with E-state index in [2.05, 4.69) is 0 Å². The molecule has 0 atom stereocenters. The summed E-state index contributed by atoms with van der Waals surface area (Å²) in [6, 6.07) is 4.41. The van der Waals surface area contributed by atoms with Gasteiger partial charge >= 0.3 is 5.97 Å². The van der Waals surface area contributed by atoms with E-state index in [4.69, 9.17) is 9.84 Å². The van der Waals surface area contributed by atoms with E-state index in [1.54, 1.807) is 6.07 Å². The fourth-order valence-corrected chi connectivity index (χ4v) is 1.06. The highest BCUT2D eigenvalue weighted by molar-refractivity contribution is 5.90. The summed E-state index contributed by atoms with van der Waals surface area (Å²) in [7, 11) is 0. The minimum atomic E-state index is -1.14. The second-order valence-corrected chi connectivity index (χ2v) is 2.79. The van der Waals surface area contributed by atoms with Gasteiger partial charge in [-0.25, -0.2) is 4.79 Å². The Morgan fingerprint density at radius 2 is 2.21 bits per heavy atom. The maximum Gasteiger partial charge on any atom is 0.339 e. The van der Waals surface area contributed by atoms with Gasteiger partial charge in [-0.3, -0.25) is 0 Å². The molecule has 4 heteroatoms. The summed E-state index contributed by atoms with van der Waals surface area (Å²) >= 11 is 0. The molecule has 0 bridgehead atoms. The molecular formula is C10H12O4. The van der Waals surface area contributed by atoms with E-state index in [1.165, 1.54) is 12.1 Å². The highest BCUT2D eigenvalue weighted by Crippen LogP contribution is 2.18. The minimum Gasteiger partial charge on any atom is -0.507 e. The van der Waals surface area contributed by atoms with Crippen LogP contribution >= 0.6 is 0 Å². The summed E-state index contributed by atoms with van der Waals surface area (Å²) in [5, 5.41) is 17.9. The molecule has 2 N–H and O–H groups in total. The number of rotatable bonds is 4. The Kier molecular flexibility index (Phi) is 3.48. The van der Waals surface area contributed by atoms with Crippen LogP contribution in [0.1, 0.15) is 22.8 Å². The third kappa shape index (κ3) is 2.47. The van der Waals surface area contributed by atoms with Crippen LogP contribution in [-0.2, 0) is 11.3 Å². The Morgan fingerprint density at radius 3 is 2.79 bits per heavy atom. The highest BCUT2D eigenvalue weighted by Gasteiger charge is 2.09. The maximum absolute atomic E-state index is 10.6. The zero-order valence-electron chi connectivity index (χ0n) is 7.86. The first-order chi connectivity index (χ1) is 6.65. The van der Waals surface area contributed by atoms with Crippen LogP contribution in [0.2, 0.25) is 0 Å². The van der Waals surface area contributed by atoms with Crippen molar-refractivity contribution in [3.8, 4) is 5.75 Å². The van der Waals surface area contributed by atoms with Crippen LogP contribution in [0.25, 0.3) is 0 Å². The second-order valence-electron chi connectivity index (χ2n) is 2.79. The Balaban J connectivity index is 2.89. The van der Waals surface area contributed by atoms with Gasteiger partial charge in [0.1, 0.15) is 11.3 Å². The lowest BCUT2D eigenvalue weighted by Gasteiger charge is -2.04. The fourth-order valence-electron chi connectivity index (χ4n) is 1.06.